The van der Waals surface area contributed by atoms with Crippen molar-refractivity contribution >= 4 is 29.4 Å². The molecule has 0 unspecified atom stereocenters. The third-order valence-corrected chi connectivity index (χ3v) is 4.63. The molecular formula is C22H32ClN5O2. The van der Waals surface area contributed by atoms with Gasteiger partial charge in [-0.25, -0.2) is 9.48 Å². The van der Waals surface area contributed by atoms with Gasteiger partial charge in [0.15, 0.2) is 0 Å². The lowest BCUT2D eigenvalue weighted by Gasteiger charge is -2.27. The maximum atomic E-state index is 12.8. The average molecular weight is 434 g/mol. The topological polar surface area (TPSA) is 79.3 Å². The molecule has 2 aromatic rings. The van der Waals surface area contributed by atoms with Crippen molar-refractivity contribution in [1.82, 2.24) is 20.0 Å². The van der Waals surface area contributed by atoms with E-state index in [9.17, 15) is 9.59 Å². The Morgan fingerprint density at radius 3 is 2.30 bits per heavy atom. The number of amides is 3. The second-order valence-electron chi connectivity index (χ2n) is 9.27. The Morgan fingerprint density at radius 1 is 1.13 bits per heavy atom. The Hall–Kier alpha value is -2.54. The number of rotatable bonds is 5. The zero-order valence-corrected chi connectivity index (χ0v) is 19.6. The number of urea groups is 1. The van der Waals surface area contributed by atoms with Gasteiger partial charge in [0.05, 0.1) is 16.4 Å². The summed E-state index contributed by atoms with van der Waals surface area (Å²) in [6.07, 6.45) is 0. The summed E-state index contributed by atoms with van der Waals surface area (Å²) in [6.45, 7) is 14.0. The van der Waals surface area contributed by atoms with Crippen LogP contribution in [0.1, 0.15) is 54.2 Å². The summed E-state index contributed by atoms with van der Waals surface area (Å²) >= 11 is 6.37. The van der Waals surface area contributed by atoms with Crippen LogP contribution in [0.3, 0.4) is 0 Å². The fraction of sp³-hybridized carbons (Fsp3) is 0.500. The van der Waals surface area contributed by atoms with Crippen LogP contribution in [0, 0.1) is 0 Å². The van der Waals surface area contributed by atoms with Crippen molar-refractivity contribution < 1.29 is 9.59 Å². The van der Waals surface area contributed by atoms with Gasteiger partial charge in [-0.3, -0.25) is 4.79 Å². The van der Waals surface area contributed by atoms with Crippen LogP contribution in [-0.4, -0.2) is 45.2 Å². The van der Waals surface area contributed by atoms with E-state index >= 15 is 0 Å². The van der Waals surface area contributed by atoms with E-state index in [4.69, 9.17) is 11.6 Å². The number of nitrogens with zero attached hydrogens (tertiary/aromatic N) is 3. The summed E-state index contributed by atoms with van der Waals surface area (Å²) in [5.74, 6) is 0.194. The predicted octanol–water partition coefficient (Wildman–Crippen LogP) is 4.59. The summed E-state index contributed by atoms with van der Waals surface area (Å²) in [5, 5.41) is 11.0. The molecule has 0 saturated heterocycles. The maximum Gasteiger partial charge on any atom is 0.318 e. The molecule has 1 heterocycles. The molecule has 0 fully saturated rings. The minimum absolute atomic E-state index is 0.0725. The minimum atomic E-state index is -0.384. The Labute approximate surface area is 183 Å². The fourth-order valence-corrected chi connectivity index (χ4v) is 2.94. The number of carbonyl (C=O) groups is 2. The van der Waals surface area contributed by atoms with Crippen LogP contribution in [0.5, 0.6) is 0 Å². The Morgan fingerprint density at radius 2 is 1.77 bits per heavy atom. The van der Waals surface area contributed by atoms with E-state index < -0.39 is 0 Å². The lowest BCUT2D eigenvalue weighted by Crippen LogP contribution is -2.50. The molecule has 7 nitrogen and oxygen atoms in total. The number of hydrogen-bond donors (Lipinski definition) is 2. The van der Waals surface area contributed by atoms with Crippen molar-refractivity contribution in [2.45, 2.75) is 59.4 Å². The van der Waals surface area contributed by atoms with Crippen molar-refractivity contribution in [3.05, 3.63) is 41.0 Å². The highest BCUT2D eigenvalue weighted by Crippen LogP contribution is 2.29. The lowest BCUT2D eigenvalue weighted by molar-refractivity contribution is -0.116. The number of para-hydroxylation sites is 1. The Bertz CT molecular complexity index is 909. The molecule has 0 aliphatic heterocycles. The van der Waals surface area contributed by atoms with Crippen molar-refractivity contribution in [3.63, 3.8) is 0 Å². The minimum Gasteiger partial charge on any atom is -0.333 e. The summed E-state index contributed by atoms with van der Waals surface area (Å²) in [5.41, 5.74) is 0.887. The first-order valence-electron chi connectivity index (χ1n) is 10.0. The standard InChI is InChI=1S/C22H32ClN5O2/c1-8-27(20(30)25-22(5,6)7)14-19(29)24-18-13-17(21(2,3)4)26-28(18)16-12-10-9-11-15(16)23/h9-13H,8,14H2,1-7H3,(H,24,29)(H,25,30). The van der Waals surface area contributed by atoms with Crippen LogP contribution < -0.4 is 10.6 Å². The van der Waals surface area contributed by atoms with Gasteiger partial charge < -0.3 is 15.5 Å². The van der Waals surface area contributed by atoms with E-state index in [1.165, 1.54) is 4.90 Å². The Kier molecular flexibility index (Phi) is 7.18. The predicted molar refractivity (Wildman–Crippen MR) is 121 cm³/mol. The van der Waals surface area contributed by atoms with E-state index in [1.54, 1.807) is 10.7 Å². The fourth-order valence-electron chi connectivity index (χ4n) is 2.73. The number of anilines is 1. The molecule has 1 aromatic heterocycles. The van der Waals surface area contributed by atoms with Gasteiger partial charge in [0.2, 0.25) is 5.91 Å². The van der Waals surface area contributed by atoms with Crippen molar-refractivity contribution in [1.29, 1.82) is 0 Å². The summed E-state index contributed by atoms with van der Waals surface area (Å²) in [6, 6.07) is 8.87. The van der Waals surface area contributed by atoms with Gasteiger partial charge in [0.25, 0.3) is 0 Å². The molecule has 2 rings (SSSR count). The van der Waals surface area contributed by atoms with Crippen molar-refractivity contribution in [2.24, 2.45) is 0 Å². The summed E-state index contributed by atoms with van der Waals surface area (Å²) in [7, 11) is 0. The van der Waals surface area contributed by atoms with Gasteiger partial charge in [-0.1, -0.05) is 44.5 Å². The zero-order chi connectivity index (χ0) is 22.7. The molecule has 3 amide bonds. The first kappa shape index (κ1) is 23.7. The quantitative estimate of drug-likeness (QED) is 0.723. The molecule has 0 saturated carbocycles. The molecule has 0 aliphatic rings. The highest BCUT2D eigenvalue weighted by molar-refractivity contribution is 6.32. The normalized spacial score (nSPS) is 11.9. The third-order valence-electron chi connectivity index (χ3n) is 4.31. The maximum absolute atomic E-state index is 12.8. The van der Waals surface area contributed by atoms with E-state index in [1.807, 2.05) is 72.7 Å². The molecular weight excluding hydrogens is 402 g/mol. The third kappa shape index (κ3) is 6.23. The lowest BCUT2D eigenvalue weighted by atomic mass is 9.92. The van der Waals surface area contributed by atoms with Gasteiger partial charge in [-0.05, 0) is 39.8 Å². The molecule has 164 valence electrons. The van der Waals surface area contributed by atoms with Crippen LogP contribution in [0.25, 0.3) is 5.69 Å². The first-order chi connectivity index (χ1) is 13.8. The van der Waals surface area contributed by atoms with Crippen LogP contribution in [-0.2, 0) is 10.2 Å². The average Bonchev–Trinajstić information content (AvgIpc) is 3.02. The number of benzene rings is 1. The van der Waals surface area contributed by atoms with Gasteiger partial charge in [0, 0.05) is 23.6 Å². The monoisotopic (exact) mass is 433 g/mol. The highest BCUT2D eigenvalue weighted by atomic mass is 35.5. The van der Waals surface area contributed by atoms with Crippen LogP contribution in [0.2, 0.25) is 5.02 Å². The number of hydrogen-bond acceptors (Lipinski definition) is 3. The van der Waals surface area contributed by atoms with E-state index in [0.717, 1.165) is 5.69 Å². The van der Waals surface area contributed by atoms with Crippen LogP contribution in [0.15, 0.2) is 30.3 Å². The van der Waals surface area contributed by atoms with Gasteiger partial charge in [0.1, 0.15) is 12.4 Å². The number of aromatic nitrogens is 2. The first-order valence-corrected chi connectivity index (χ1v) is 10.4. The van der Waals surface area contributed by atoms with E-state index in [-0.39, 0.29) is 29.4 Å². The molecule has 2 N–H and O–H groups in total. The molecule has 0 aliphatic carbocycles. The molecule has 8 heteroatoms. The van der Waals surface area contributed by atoms with Gasteiger partial charge in [-0.2, -0.15) is 5.10 Å². The molecule has 1 aromatic carbocycles. The van der Waals surface area contributed by atoms with E-state index in [2.05, 4.69) is 15.7 Å². The van der Waals surface area contributed by atoms with Crippen molar-refractivity contribution in [3.8, 4) is 5.69 Å². The van der Waals surface area contributed by atoms with E-state index in [0.29, 0.717) is 23.1 Å². The van der Waals surface area contributed by atoms with Crippen LogP contribution >= 0.6 is 11.6 Å². The summed E-state index contributed by atoms with van der Waals surface area (Å²) < 4.78 is 1.63. The number of carbonyl (C=O) groups excluding carboxylic acids is 2. The smallest absolute Gasteiger partial charge is 0.318 e. The number of halogens is 1. The second-order valence-corrected chi connectivity index (χ2v) is 9.68. The van der Waals surface area contributed by atoms with Crippen molar-refractivity contribution in [2.75, 3.05) is 18.4 Å². The molecule has 30 heavy (non-hydrogen) atoms. The van der Waals surface area contributed by atoms with Gasteiger partial charge in [-0.15, -0.1) is 0 Å². The van der Waals surface area contributed by atoms with Gasteiger partial charge >= 0.3 is 6.03 Å². The molecule has 0 spiro atoms. The summed E-state index contributed by atoms with van der Waals surface area (Å²) in [4.78, 5) is 26.7. The number of nitrogens with one attached hydrogen (secondary N) is 2. The highest BCUT2D eigenvalue weighted by Gasteiger charge is 2.24. The second kappa shape index (κ2) is 9.08. The molecule has 0 atom stereocenters. The molecule has 0 bridgehead atoms. The zero-order valence-electron chi connectivity index (χ0n) is 18.8. The van der Waals surface area contributed by atoms with Crippen LogP contribution in [0.4, 0.5) is 10.6 Å². The number of likely N-dealkylation sites (N-methyl/N-ethyl adjacent to an activating group) is 1. The largest absolute Gasteiger partial charge is 0.333 e. The molecule has 0 radical (unpaired) electrons. The SMILES string of the molecule is CCN(CC(=O)Nc1cc(C(C)(C)C)nn1-c1ccccc1Cl)C(=O)NC(C)(C)C. The Balaban J connectivity index is 2.28.